The number of benzene rings is 2. The van der Waals surface area contributed by atoms with E-state index in [2.05, 4.69) is 15.3 Å². The standard InChI is InChI=1S/C21H16F3N5O/c22-13-1-3-18(16(23)9-13)29-8-6-21(27-12-29)28-14-2-4-19(17(24)10-14)30-15-5-7-26-20(25)11-15/h1-11H,12H2,(H2,25,26)(H,27,28). The van der Waals surface area contributed by atoms with Gasteiger partial charge in [0.15, 0.2) is 11.6 Å². The van der Waals surface area contributed by atoms with Crippen LogP contribution in [-0.4, -0.2) is 17.5 Å². The maximum absolute atomic E-state index is 14.4. The van der Waals surface area contributed by atoms with Gasteiger partial charge >= 0.3 is 0 Å². The molecule has 3 aromatic rings. The predicted molar refractivity (Wildman–Crippen MR) is 109 cm³/mol. The number of nitrogen functional groups attached to an aromatic ring is 1. The molecule has 1 aromatic heterocycles. The summed E-state index contributed by atoms with van der Waals surface area (Å²) in [4.78, 5) is 9.66. The van der Waals surface area contributed by atoms with Crippen molar-refractivity contribution in [2.24, 2.45) is 4.99 Å². The fourth-order valence-corrected chi connectivity index (χ4v) is 2.79. The normalized spacial score (nSPS) is 13.2. The molecule has 30 heavy (non-hydrogen) atoms. The van der Waals surface area contributed by atoms with Gasteiger partial charge in [-0.2, -0.15) is 0 Å². The minimum Gasteiger partial charge on any atom is -0.454 e. The largest absolute Gasteiger partial charge is 0.454 e. The molecule has 9 heteroatoms. The number of ether oxygens (including phenoxy) is 1. The highest BCUT2D eigenvalue weighted by Gasteiger charge is 2.14. The number of pyridine rings is 1. The SMILES string of the molecule is Nc1cc(Oc2ccc(NC3=NCN(c4ccc(F)cc4F)C=C3)cc2F)ccn1. The number of amidine groups is 1. The van der Waals surface area contributed by atoms with Gasteiger partial charge in [-0.3, -0.25) is 0 Å². The lowest BCUT2D eigenvalue weighted by Crippen LogP contribution is -2.25. The van der Waals surface area contributed by atoms with Crippen molar-refractivity contribution < 1.29 is 17.9 Å². The Kier molecular flexibility index (Phi) is 5.25. The molecule has 0 spiro atoms. The van der Waals surface area contributed by atoms with Crippen molar-refractivity contribution in [3.05, 3.63) is 84.5 Å². The topological polar surface area (TPSA) is 75.8 Å². The molecule has 0 atom stereocenters. The summed E-state index contributed by atoms with van der Waals surface area (Å²) >= 11 is 0. The predicted octanol–water partition coefficient (Wildman–Crippen LogP) is 4.68. The molecule has 6 nitrogen and oxygen atoms in total. The quantitative estimate of drug-likeness (QED) is 0.652. The number of nitrogens with one attached hydrogen (secondary N) is 1. The number of hydrogen-bond donors (Lipinski definition) is 2. The maximum atomic E-state index is 14.4. The van der Waals surface area contributed by atoms with Crippen LogP contribution in [0.25, 0.3) is 0 Å². The van der Waals surface area contributed by atoms with E-state index in [-0.39, 0.29) is 23.9 Å². The van der Waals surface area contributed by atoms with Gasteiger partial charge in [0, 0.05) is 36.3 Å². The molecular formula is C21H16F3N5O. The van der Waals surface area contributed by atoms with Crippen molar-refractivity contribution in [2.45, 2.75) is 0 Å². The van der Waals surface area contributed by atoms with Crippen LogP contribution in [-0.2, 0) is 0 Å². The second-order valence-corrected chi connectivity index (χ2v) is 6.35. The summed E-state index contributed by atoms with van der Waals surface area (Å²) in [5.41, 5.74) is 6.25. The first-order valence-corrected chi connectivity index (χ1v) is 8.88. The molecule has 0 amide bonds. The van der Waals surface area contributed by atoms with Crippen LogP contribution in [0.2, 0.25) is 0 Å². The van der Waals surface area contributed by atoms with E-state index < -0.39 is 17.5 Å². The van der Waals surface area contributed by atoms with Crippen LogP contribution in [0.5, 0.6) is 11.5 Å². The average Bonchev–Trinajstić information content (AvgIpc) is 2.71. The Balaban J connectivity index is 1.42. The molecule has 3 N–H and O–H groups in total. The Morgan fingerprint density at radius 2 is 1.87 bits per heavy atom. The van der Waals surface area contributed by atoms with Gasteiger partial charge in [-0.1, -0.05) is 0 Å². The van der Waals surface area contributed by atoms with Crippen molar-refractivity contribution in [2.75, 3.05) is 22.6 Å². The molecule has 0 aliphatic carbocycles. The molecule has 1 aliphatic heterocycles. The third kappa shape index (κ3) is 4.35. The monoisotopic (exact) mass is 411 g/mol. The molecule has 0 bridgehead atoms. The van der Waals surface area contributed by atoms with Gasteiger partial charge in [0.2, 0.25) is 0 Å². The van der Waals surface area contributed by atoms with Gasteiger partial charge < -0.3 is 20.7 Å². The molecule has 0 unspecified atom stereocenters. The number of aliphatic imine (C=N–C) groups is 1. The third-order valence-corrected chi connectivity index (χ3v) is 4.21. The van der Waals surface area contributed by atoms with Crippen LogP contribution >= 0.6 is 0 Å². The van der Waals surface area contributed by atoms with Gasteiger partial charge in [0.1, 0.15) is 35.7 Å². The number of nitrogens with zero attached hydrogens (tertiary/aromatic N) is 3. The molecule has 4 rings (SSSR count). The van der Waals surface area contributed by atoms with Crippen LogP contribution in [0.3, 0.4) is 0 Å². The Labute approximate surface area is 170 Å². The zero-order valence-electron chi connectivity index (χ0n) is 15.5. The summed E-state index contributed by atoms with van der Waals surface area (Å²) in [6, 6.07) is 10.8. The van der Waals surface area contributed by atoms with E-state index in [1.807, 2.05) is 0 Å². The van der Waals surface area contributed by atoms with Crippen molar-refractivity contribution >= 4 is 23.0 Å². The first kappa shape index (κ1) is 19.3. The van der Waals surface area contributed by atoms with E-state index in [9.17, 15) is 13.2 Å². The van der Waals surface area contributed by atoms with Crippen molar-refractivity contribution in [1.29, 1.82) is 0 Å². The van der Waals surface area contributed by atoms with Gasteiger partial charge in [-0.25, -0.2) is 23.1 Å². The summed E-state index contributed by atoms with van der Waals surface area (Å²) in [6.07, 6.45) is 4.68. The minimum absolute atomic E-state index is 0.0326. The molecule has 152 valence electrons. The Morgan fingerprint density at radius 1 is 1.00 bits per heavy atom. The summed E-state index contributed by atoms with van der Waals surface area (Å²) in [6.45, 7) is 0.120. The lowest BCUT2D eigenvalue weighted by molar-refractivity contribution is 0.442. The van der Waals surface area contributed by atoms with Gasteiger partial charge in [0.05, 0.1) is 5.69 Å². The number of rotatable bonds is 4. The van der Waals surface area contributed by atoms with Crippen LogP contribution in [0, 0.1) is 17.5 Å². The highest BCUT2D eigenvalue weighted by molar-refractivity contribution is 6.04. The number of halogens is 3. The molecule has 0 radical (unpaired) electrons. The highest BCUT2D eigenvalue weighted by atomic mass is 19.1. The van der Waals surface area contributed by atoms with E-state index in [0.717, 1.165) is 6.07 Å². The Morgan fingerprint density at radius 3 is 2.57 bits per heavy atom. The van der Waals surface area contributed by atoms with Crippen LogP contribution < -0.4 is 20.7 Å². The zero-order chi connectivity index (χ0) is 21.1. The number of nitrogens with two attached hydrogens (primary N) is 1. The fraction of sp³-hybridized carbons (Fsp3) is 0.0476. The van der Waals surface area contributed by atoms with E-state index in [1.165, 1.54) is 41.4 Å². The molecular weight excluding hydrogens is 395 g/mol. The molecule has 0 fully saturated rings. The Bertz CT molecular complexity index is 1150. The summed E-state index contributed by atoms with van der Waals surface area (Å²) < 4.78 is 46.8. The highest BCUT2D eigenvalue weighted by Crippen LogP contribution is 2.27. The van der Waals surface area contributed by atoms with E-state index in [4.69, 9.17) is 10.5 Å². The minimum atomic E-state index is -0.681. The van der Waals surface area contributed by atoms with Gasteiger partial charge in [-0.15, -0.1) is 0 Å². The zero-order valence-corrected chi connectivity index (χ0v) is 15.5. The van der Waals surface area contributed by atoms with Crippen molar-refractivity contribution in [3.63, 3.8) is 0 Å². The lowest BCUT2D eigenvalue weighted by atomic mass is 10.2. The van der Waals surface area contributed by atoms with E-state index in [1.54, 1.807) is 24.4 Å². The summed E-state index contributed by atoms with van der Waals surface area (Å²) in [7, 11) is 0. The molecule has 2 aromatic carbocycles. The number of hydrogen-bond acceptors (Lipinski definition) is 6. The molecule has 0 saturated carbocycles. The van der Waals surface area contributed by atoms with Gasteiger partial charge in [-0.05, 0) is 36.4 Å². The van der Waals surface area contributed by atoms with Crippen LogP contribution in [0.4, 0.5) is 30.4 Å². The lowest BCUT2D eigenvalue weighted by Gasteiger charge is -2.23. The summed E-state index contributed by atoms with van der Waals surface area (Å²) in [5.74, 6) is -0.776. The second-order valence-electron chi connectivity index (χ2n) is 6.35. The fourth-order valence-electron chi connectivity index (χ4n) is 2.79. The maximum Gasteiger partial charge on any atom is 0.167 e. The number of anilines is 3. The van der Waals surface area contributed by atoms with Crippen molar-refractivity contribution in [1.82, 2.24) is 4.98 Å². The van der Waals surface area contributed by atoms with Crippen LogP contribution in [0.1, 0.15) is 0 Å². The first-order chi connectivity index (χ1) is 14.5. The average molecular weight is 411 g/mol. The van der Waals surface area contributed by atoms with E-state index in [0.29, 0.717) is 17.3 Å². The Hall–Kier alpha value is -4.01. The smallest absolute Gasteiger partial charge is 0.167 e. The van der Waals surface area contributed by atoms with E-state index >= 15 is 0 Å². The summed E-state index contributed by atoms with van der Waals surface area (Å²) in [5, 5.41) is 2.97. The van der Waals surface area contributed by atoms with Crippen molar-refractivity contribution in [3.8, 4) is 11.5 Å². The second kappa shape index (κ2) is 8.16. The first-order valence-electron chi connectivity index (χ1n) is 8.88. The van der Waals surface area contributed by atoms with Crippen LogP contribution in [0.15, 0.2) is 72.0 Å². The third-order valence-electron chi connectivity index (χ3n) is 4.21. The molecule has 2 heterocycles. The van der Waals surface area contributed by atoms with Gasteiger partial charge in [0.25, 0.3) is 0 Å². The molecule has 1 aliphatic rings. The number of aromatic nitrogens is 1. The molecule has 0 saturated heterocycles.